The molecule has 0 saturated heterocycles. The Morgan fingerprint density at radius 3 is 2.91 bits per heavy atom. The minimum atomic E-state index is -0.286. The number of thiophene rings is 1. The SMILES string of the molecule is CC(C)Cc1cc(C(=O)NC[C@H](CO)Cc2ccsc2)on1. The van der Waals surface area contributed by atoms with E-state index in [1.807, 2.05) is 11.4 Å². The molecule has 1 amide bonds. The number of carbonyl (C=O) groups is 1. The Bertz CT molecular complexity index is 578. The van der Waals surface area contributed by atoms with Gasteiger partial charge in [0.25, 0.3) is 5.91 Å². The van der Waals surface area contributed by atoms with Crippen molar-refractivity contribution < 1.29 is 14.4 Å². The van der Waals surface area contributed by atoms with Gasteiger partial charge in [-0.25, -0.2) is 0 Å². The summed E-state index contributed by atoms with van der Waals surface area (Å²) in [5.41, 5.74) is 1.97. The van der Waals surface area contributed by atoms with Crippen LogP contribution < -0.4 is 5.32 Å². The summed E-state index contributed by atoms with van der Waals surface area (Å²) < 4.78 is 5.08. The van der Waals surface area contributed by atoms with Gasteiger partial charge in [0.1, 0.15) is 0 Å². The van der Waals surface area contributed by atoms with Crippen molar-refractivity contribution in [3.05, 3.63) is 39.9 Å². The van der Waals surface area contributed by atoms with Crippen molar-refractivity contribution in [2.75, 3.05) is 13.2 Å². The van der Waals surface area contributed by atoms with Crippen molar-refractivity contribution in [1.82, 2.24) is 10.5 Å². The number of rotatable bonds is 8. The molecule has 0 aliphatic carbocycles. The fourth-order valence-electron chi connectivity index (χ4n) is 2.20. The number of carbonyl (C=O) groups excluding carboxylic acids is 1. The second-order valence-electron chi connectivity index (χ2n) is 5.87. The molecule has 0 fully saturated rings. The average Bonchev–Trinajstić information content (AvgIpc) is 3.14. The standard InChI is InChI=1S/C16H22N2O3S/c1-11(2)5-14-7-15(21-18-14)16(20)17-8-13(9-19)6-12-3-4-22-10-12/h3-4,7,10-11,13,19H,5-6,8-9H2,1-2H3,(H,17,20)/t13-/m1/s1. The van der Waals surface area contributed by atoms with Gasteiger partial charge < -0.3 is 14.9 Å². The van der Waals surface area contributed by atoms with Crippen molar-refractivity contribution in [3.8, 4) is 0 Å². The number of hydrogen-bond donors (Lipinski definition) is 2. The molecule has 0 aromatic carbocycles. The van der Waals surface area contributed by atoms with Gasteiger partial charge in [-0.05, 0) is 41.1 Å². The highest BCUT2D eigenvalue weighted by molar-refractivity contribution is 7.07. The van der Waals surface area contributed by atoms with E-state index in [1.165, 1.54) is 5.56 Å². The predicted octanol–water partition coefficient (Wildman–Crippen LogP) is 2.52. The van der Waals surface area contributed by atoms with E-state index in [0.717, 1.165) is 18.5 Å². The van der Waals surface area contributed by atoms with Crippen molar-refractivity contribution in [3.63, 3.8) is 0 Å². The lowest BCUT2D eigenvalue weighted by Crippen LogP contribution is -2.31. The zero-order valence-electron chi connectivity index (χ0n) is 12.9. The molecule has 22 heavy (non-hydrogen) atoms. The van der Waals surface area contributed by atoms with E-state index >= 15 is 0 Å². The fourth-order valence-corrected chi connectivity index (χ4v) is 2.88. The van der Waals surface area contributed by atoms with Crippen LogP contribution in [0.15, 0.2) is 27.4 Å². The van der Waals surface area contributed by atoms with Crippen LogP contribution in [0.2, 0.25) is 0 Å². The predicted molar refractivity (Wildman–Crippen MR) is 86.0 cm³/mol. The third-order valence-electron chi connectivity index (χ3n) is 3.31. The summed E-state index contributed by atoms with van der Waals surface area (Å²) in [5, 5.41) is 20.2. The first kappa shape index (κ1) is 16.7. The summed E-state index contributed by atoms with van der Waals surface area (Å²) in [6.45, 7) is 4.62. The molecule has 6 heteroatoms. The lowest BCUT2D eigenvalue weighted by atomic mass is 10.0. The smallest absolute Gasteiger partial charge is 0.289 e. The van der Waals surface area contributed by atoms with Gasteiger partial charge in [0, 0.05) is 25.1 Å². The molecule has 0 aliphatic heterocycles. The van der Waals surface area contributed by atoms with Crippen LogP contribution in [0.25, 0.3) is 0 Å². The number of nitrogens with one attached hydrogen (secondary N) is 1. The zero-order chi connectivity index (χ0) is 15.9. The third kappa shape index (κ3) is 4.96. The van der Waals surface area contributed by atoms with Gasteiger partial charge >= 0.3 is 0 Å². The molecule has 2 heterocycles. The highest BCUT2D eigenvalue weighted by atomic mass is 32.1. The van der Waals surface area contributed by atoms with E-state index in [9.17, 15) is 9.90 Å². The molecule has 2 rings (SSSR count). The zero-order valence-corrected chi connectivity index (χ0v) is 13.7. The lowest BCUT2D eigenvalue weighted by Gasteiger charge is -2.13. The lowest BCUT2D eigenvalue weighted by molar-refractivity contribution is 0.0903. The summed E-state index contributed by atoms with van der Waals surface area (Å²) in [4.78, 5) is 12.0. The number of aromatic nitrogens is 1. The van der Waals surface area contributed by atoms with E-state index in [2.05, 4.69) is 29.7 Å². The van der Waals surface area contributed by atoms with Gasteiger partial charge in [0.2, 0.25) is 5.76 Å². The van der Waals surface area contributed by atoms with Crippen molar-refractivity contribution in [1.29, 1.82) is 0 Å². The van der Waals surface area contributed by atoms with Crippen LogP contribution in [0, 0.1) is 11.8 Å². The molecule has 2 N–H and O–H groups in total. The average molecular weight is 322 g/mol. The van der Waals surface area contributed by atoms with Crippen molar-refractivity contribution >= 4 is 17.2 Å². The van der Waals surface area contributed by atoms with Gasteiger partial charge in [-0.2, -0.15) is 11.3 Å². The van der Waals surface area contributed by atoms with Crippen LogP contribution >= 0.6 is 11.3 Å². The Morgan fingerprint density at radius 1 is 1.45 bits per heavy atom. The van der Waals surface area contributed by atoms with Crippen molar-refractivity contribution in [2.45, 2.75) is 26.7 Å². The highest BCUT2D eigenvalue weighted by Crippen LogP contribution is 2.12. The normalized spacial score (nSPS) is 12.5. The van der Waals surface area contributed by atoms with E-state index in [4.69, 9.17) is 4.52 Å². The monoisotopic (exact) mass is 322 g/mol. The maximum atomic E-state index is 12.0. The van der Waals surface area contributed by atoms with Gasteiger partial charge in [0.05, 0.1) is 5.69 Å². The van der Waals surface area contributed by atoms with Gasteiger partial charge in [0.15, 0.2) is 0 Å². The Balaban J connectivity index is 1.84. The topological polar surface area (TPSA) is 75.4 Å². The number of hydrogen-bond acceptors (Lipinski definition) is 5. The highest BCUT2D eigenvalue weighted by Gasteiger charge is 2.16. The first-order valence-electron chi connectivity index (χ1n) is 7.44. The van der Waals surface area contributed by atoms with Gasteiger partial charge in [-0.3, -0.25) is 4.79 Å². The summed E-state index contributed by atoms with van der Waals surface area (Å²) >= 11 is 1.63. The molecular formula is C16H22N2O3S. The second-order valence-corrected chi connectivity index (χ2v) is 6.65. The summed E-state index contributed by atoms with van der Waals surface area (Å²) in [5.74, 6) is 0.399. The van der Waals surface area contributed by atoms with E-state index in [1.54, 1.807) is 17.4 Å². The number of aliphatic hydroxyl groups is 1. The molecule has 2 aromatic heterocycles. The first-order valence-corrected chi connectivity index (χ1v) is 8.38. The maximum absolute atomic E-state index is 12.0. The summed E-state index contributed by atoms with van der Waals surface area (Å²) in [6, 6.07) is 3.71. The number of aliphatic hydroxyl groups excluding tert-OH is 1. The van der Waals surface area contributed by atoms with Crippen molar-refractivity contribution in [2.24, 2.45) is 11.8 Å². The van der Waals surface area contributed by atoms with Crippen LogP contribution in [-0.2, 0) is 12.8 Å². The van der Waals surface area contributed by atoms with Crippen LogP contribution in [-0.4, -0.2) is 29.3 Å². The minimum Gasteiger partial charge on any atom is -0.396 e. The molecule has 5 nitrogen and oxygen atoms in total. The number of nitrogens with zero attached hydrogens (tertiary/aromatic N) is 1. The summed E-state index contributed by atoms with van der Waals surface area (Å²) in [6.07, 6.45) is 1.53. The molecule has 0 unspecified atom stereocenters. The van der Waals surface area contributed by atoms with Gasteiger partial charge in [-0.1, -0.05) is 19.0 Å². The van der Waals surface area contributed by atoms with Crippen LogP contribution in [0.4, 0.5) is 0 Å². The Kier molecular flexibility index (Phi) is 6.15. The minimum absolute atomic E-state index is 0.00314. The first-order chi connectivity index (χ1) is 10.6. The van der Waals surface area contributed by atoms with E-state index in [-0.39, 0.29) is 24.2 Å². The summed E-state index contributed by atoms with van der Waals surface area (Å²) in [7, 11) is 0. The fraction of sp³-hybridized carbons (Fsp3) is 0.500. The molecule has 120 valence electrons. The second kappa shape index (κ2) is 8.10. The molecular weight excluding hydrogens is 300 g/mol. The maximum Gasteiger partial charge on any atom is 0.289 e. The van der Waals surface area contributed by atoms with Crippen LogP contribution in [0.5, 0.6) is 0 Å². The molecule has 0 radical (unpaired) electrons. The quantitative estimate of drug-likeness (QED) is 0.783. The molecule has 0 spiro atoms. The number of amides is 1. The Labute approximate surface area is 134 Å². The molecule has 0 saturated carbocycles. The van der Waals surface area contributed by atoms with E-state index in [0.29, 0.717) is 12.5 Å². The molecule has 1 atom stereocenters. The molecule has 0 aliphatic rings. The Morgan fingerprint density at radius 2 is 2.27 bits per heavy atom. The largest absolute Gasteiger partial charge is 0.396 e. The van der Waals surface area contributed by atoms with Crippen LogP contribution in [0.3, 0.4) is 0 Å². The molecule has 2 aromatic rings. The van der Waals surface area contributed by atoms with E-state index < -0.39 is 0 Å². The van der Waals surface area contributed by atoms with Crippen LogP contribution in [0.1, 0.15) is 35.7 Å². The Hall–Kier alpha value is -1.66. The van der Waals surface area contributed by atoms with Gasteiger partial charge in [-0.15, -0.1) is 0 Å². The third-order valence-corrected chi connectivity index (χ3v) is 4.05. The molecule has 0 bridgehead atoms.